The molecule has 1 nitrogen and oxygen atoms in total. The Balaban J connectivity index is 2.14. The van der Waals surface area contributed by atoms with Gasteiger partial charge in [0.2, 0.25) is 0 Å². The van der Waals surface area contributed by atoms with Crippen molar-refractivity contribution in [2.75, 3.05) is 13.1 Å². The van der Waals surface area contributed by atoms with Crippen LogP contribution >= 0.6 is 0 Å². The van der Waals surface area contributed by atoms with Crippen molar-refractivity contribution in [3.63, 3.8) is 0 Å². The smallest absolute Gasteiger partial charge is 0.130 e. The van der Waals surface area contributed by atoms with Crippen molar-refractivity contribution in [1.29, 1.82) is 0 Å². The number of hydrogen-bond donors (Lipinski definition) is 1. The zero-order valence-corrected chi connectivity index (χ0v) is 7.13. The van der Waals surface area contributed by atoms with Gasteiger partial charge in [-0.3, -0.25) is 0 Å². The topological polar surface area (TPSA) is 12.0 Å². The zero-order valence-electron chi connectivity index (χ0n) is 7.13. The molecule has 0 aliphatic carbocycles. The van der Waals surface area contributed by atoms with Gasteiger partial charge in [0.05, 0.1) is 0 Å². The summed E-state index contributed by atoms with van der Waals surface area (Å²) in [6.07, 6.45) is -1.03. The first-order valence-corrected chi connectivity index (χ1v) is 4.37. The standard InChI is InChI=1S/C10H11F2N/c11-9-3-1-2-7(4-9)10(12)8-5-13-6-8/h1-4,8,10,13H,5-6H2. The van der Waals surface area contributed by atoms with E-state index in [0.717, 1.165) is 0 Å². The Morgan fingerprint density at radius 3 is 2.69 bits per heavy atom. The van der Waals surface area contributed by atoms with Crippen molar-refractivity contribution in [2.45, 2.75) is 6.17 Å². The predicted molar refractivity (Wildman–Crippen MR) is 46.6 cm³/mol. The summed E-state index contributed by atoms with van der Waals surface area (Å²) in [6.45, 7) is 1.38. The second-order valence-corrected chi connectivity index (χ2v) is 3.38. The number of halogens is 2. The van der Waals surface area contributed by atoms with Gasteiger partial charge in [0.25, 0.3) is 0 Å². The molecule has 0 aromatic heterocycles. The number of nitrogens with one attached hydrogen (secondary N) is 1. The van der Waals surface area contributed by atoms with E-state index in [-0.39, 0.29) is 11.7 Å². The maximum absolute atomic E-state index is 13.6. The normalized spacial score (nSPS) is 19.5. The first-order chi connectivity index (χ1) is 6.27. The third-order valence-electron chi connectivity index (χ3n) is 2.39. The average molecular weight is 183 g/mol. The van der Waals surface area contributed by atoms with Crippen LogP contribution in [0.4, 0.5) is 8.78 Å². The van der Waals surface area contributed by atoms with Crippen molar-refractivity contribution in [3.05, 3.63) is 35.6 Å². The molecule has 2 rings (SSSR count). The van der Waals surface area contributed by atoms with Gasteiger partial charge in [-0.1, -0.05) is 12.1 Å². The molecule has 0 radical (unpaired) electrons. The van der Waals surface area contributed by atoms with Crippen LogP contribution in [0.25, 0.3) is 0 Å². The Hall–Kier alpha value is -0.960. The number of benzene rings is 1. The molecule has 1 aliphatic rings. The lowest BCUT2D eigenvalue weighted by molar-refractivity contribution is 0.171. The second-order valence-electron chi connectivity index (χ2n) is 3.38. The van der Waals surface area contributed by atoms with Gasteiger partial charge in [0.1, 0.15) is 12.0 Å². The highest BCUT2D eigenvalue weighted by molar-refractivity contribution is 5.20. The van der Waals surface area contributed by atoms with Gasteiger partial charge < -0.3 is 5.32 Å². The zero-order chi connectivity index (χ0) is 9.26. The van der Waals surface area contributed by atoms with Gasteiger partial charge in [-0.05, 0) is 17.7 Å². The van der Waals surface area contributed by atoms with E-state index in [4.69, 9.17) is 0 Å². The summed E-state index contributed by atoms with van der Waals surface area (Å²) in [5.74, 6) is -0.353. The molecule has 1 aromatic rings. The largest absolute Gasteiger partial charge is 0.316 e. The summed E-state index contributed by atoms with van der Waals surface area (Å²) in [5, 5.41) is 2.99. The SMILES string of the molecule is Fc1cccc(C(F)C2CNC2)c1. The van der Waals surface area contributed by atoms with Gasteiger partial charge in [-0.2, -0.15) is 0 Å². The average Bonchev–Trinajstić information content (AvgIpc) is 2.01. The molecule has 3 heteroatoms. The number of hydrogen-bond acceptors (Lipinski definition) is 1. The van der Waals surface area contributed by atoms with Gasteiger partial charge in [-0.25, -0.2) is 8.78 Å². The quantitative estimate of drug-likeness (QED) is 0.740. The molecular weight excluding hydrogens is 172 g/mol. The number of alkyl halides is 1. The van der Waals surface area contributed by atoms with Crippen LogP contribution in [0.15, 0.2) is 24.3 Å². The minimum Gasteiger partial charge on any atom is -0.316 e. The lowest BCUT2D eigenvalue weighted by Gasteiger charge is -2.30. The van der Waals surface area contributed by atoms with Crippen molar-refractivity contribution < 1.29 is 8.78 Å². The molecule has 0 spiro atoms. The first-order valence-electron chi connectivity index (χ1n) is 4.37. The lowest BCUT2D eigenvalue weighted by atomic mass is 9.92. The minimum atomic E-state index is -1.03. The van der Waals surface area contributed by atoms with E-state index in [9.17, 15) is 8.78 Å². The summed E-state index contributed by atoms with van der Waals surface area (Å²) in [6, 6.07) is 5.77. The summed E-state index contributed by atoms with van der Waals surface area (Å²) >= 11 is 0. The maximum atomic E-state index is 13.6. The van der Waals surface area contributed by atoms with E-state index in [1.807, 2.05) is 0 Å². The lowest BCUT2D eigenvalue weighted by Crippen LogP contribution is -2.44. The van der Waals surface area contributed by atoms with Crippen LogP contribution in [0.2, 0.25) is 0 Å². The van der Waals surface area contributed by atoms with E-state index < -0.39 is 6.17 Å². The molecule has 1 unspecified atom stereocenters. The first kappa shape index (κ1) is 8.63. The highest BCUT2D eigenvalue weighted by atomic mass is 19.1. The molecule has 0 saturated carbocycles. The minimum absolute atomic E-state index is 0.0156. The van der Waals surface area contributed by atoms with Crippen LogP contribution in [0.1, 0.15) is 11.7 Å². The molecule has 0 bridgehead atoms. The van der Waals surface area contributed by atoms with Crippen LogP contribution in [0.3, 0.4) is 0 Å². The van der Waals surface area contributed by atoms with Crippen molar-refractivity contribution in [1.82, 2.24) is 5.32 Å². The molecule has 1 N–H and O–H groups in total. The Morgan fingerprint density at radius 1 is 1.38 bits per heavy atom. The van der Waals surface area contributed by atoms with E-state index in [0.29, 0.717) is 18.7 Å². The van der Waals surface area contributed by atoms with Gasteiger partial charge >= 0.3 is 0 Å². The Labute approximate surface area is 75.8 Å². The number of rotatable bonds is 2. The van der Waals surface area contributed by atoms with Gasteiger partial charge in [0, 0.05) is 19.0 Å². The maximum Gasteiger partial charge on any atom is 0.130 e. The highest BCUT2D eigenvalue weighted by Crippen LogP contribution is 2.28. The predicted octanol–water partition coefficient (Wildman–Crippen LogP) is 2.06. The van der Waals surface area contributed by atoms with Crippen LogP contribution in [0.5, 0.6) is 0 Å². The van der Waals surface area contributed by atoms with E-state index in [1.54, 1.807) is 12.1 Å². The fraction of sp³-hybridized carbons (Fsp3) is 0.400. The van der Waals surface area contributed by atoms with Crippen molar-refractivity contribution >= 4 is 0 Å². The molecule has 1 saturated heterocycles. The summed E-state index contributed by atoms with van der Waals surface area (Å²) < 4.78 is 26.3. The molecule has 1 heterocycles. The van der Waals surface area contributed by atoms with Gasteiger partial charge in [-0.15, -0.1) is 0 Å². The highest BCUT2D eigenvalue weighted by Gasteiger charge is 2.28. The molecule has 0 amide bonds. The van der Waals surface area contributed by atoms with Crippen LogP contribution < -0.4 is 5.32 Å². The molecule has 13 heavy (non-hydrogen) atoms. The Bertz CT molecular complexity index is 297. The third-order valence-corrected chi connectivity index (χ3v) is 2.39. The summed E-state index contributed by atoms with van der Waals surface area (Å²) in [5.41, 5.74) is 0.450. The van der Waals surface area contributed by atoms with Crippen LogP contribution in [0, 0.1) is 11.7 Å². The fourth-order valence-electron chi connectivity index (χ4n) is 1.47. The molecule has 1 fully saturated rings. The molecular formula is C10H11F2N. The second kappa shape index (κ2) is 3.42. The van der Waals surface area contributed by atoms with Crippen molar-refractivity contribution in [3.8, 4) is 0 Å². The van der Waals surface area contributed by atoms with Gasteiger partial charge in [0.15, 0.2) is 0 Å². The third kappa shape index (κ3) is 1.70. The molecule has 70 valence electrons. The Kier molecular flexibility index (Phi) is 2.27. The summed E-state index contributed by atoms with van der Waals surface area (Å²) in [4.78, 5) is 0. The monoisotopic (exact) mass is 183 g/mol. The molecule has 1 aromatic carbocycles. The fourth-order valence-corrected chi connectivity index (χ4v) is 1.47. The molecule has 1 atom stereocenters. The Morgan fingerprint density at radius 2 is 2.15 bits per heavy atom. The summed E-state index contributed by atoms with van der Waals surface area (Å²) in [7, 11) is 0. The van der Waals surface area contributed by atoms with E-state index >= 15 is 0 Å². The van der Waals surface area contributed by atoms with E-state index in [2.05, 4.69) is 5.32 Å². The van der Waals surface area contributed by atoms with E-state index in [1.165, 1.54) is 12.1 Å². The van der Waals surface area contributed by atoms with Crippen LogP contribution in [-0.4, -0.2) is 13.1 Å². The van der Waals surface area contributed by atoms with Crippen LogP contribution in [-0.2, 0) is 0 Å². The van der Waals surface area contributed by atoms with Crippen molar-refractivity contribution in [2.24, 2.45) is 5.92 Å². The molecule has 1 aliphatic heterocycles.